The molecule has 1 heterocycles. The van der Waals surface area contributed by atoms with E-state index in [9.17, 15) is 22.8 Å². The molecule has 156 valence electrons. The fourth-order valence-electron chi connectivity index (χ4n) is 3.53. The standard InChI is InChI=1S/C21H23F3N2O2S/c1-3-8-26(10-18(27)25-16-7-6-15(22)19(23)20(16)24)21(28)14-11-29-17-9-12(2)4-5-13(14)17/h6-7,11-12H,3-5,8-10H2,1-2H3,(H,25,27). The molecule has 1 aromatic carbocycles. The highest BCUT2D eigenvalue weighted by atomic mass is 32.1. The van der Waals surface area contributed by atoms with Crippen LogP contribution >= 0.6 is 11.3 Å². The van der Waals surface area contributed by atoms with Gasteiger partial charge >= 0.3 is 0 Å². The topological polar surface area (TPSA) is 49.4 Å². The van der Waals surface area contributed by atoms with Crippen molar-refractivity contribution in [3.05, 3.63) is 51.0 Å². The molecule has 1 N–H and O–H groups in total. The molecule has 2 aromatic rings. The number of rotatable bonds is 6. The highest BCUT2D eigenvalue weighted by Crippen LogP contribution is 2.33. The Bertz CT molecular complexity index is 929. The van der Waals surface area contributed by atoms with Gasteiger partial charge in [-0.05, 0) is 49.3 Å². The largest absolute Gasteiger partial charge is 0.329 e. The van der Waals surface area contributed by atoms with Crippen LogP contribution in [0.15, 0.2) is 17.5 Å². The van der Waals surface area contributed by atoms with Crippen LogP contribution in [0.25, 0.3) is 0 Å². The predicted molar refractivity (Wildman–Crippen MR) is 107 cm³/mol. The Morgan fingerprint density at radius 3 is 2.72 bits per heavy atom. The van der Waals surface area contributed by atoms with E-state index in [0.29, 0.717) is 24.4 Å². The molecule has 0 saturated heterocycles. The van der Waals surface area contributed by atoms with Gasteiger partial charge in [0.15, 0.2) is 17.5 Å². The van der Waals surface area contributed by atoms with Crippen LogP contribution in [0.2, 0.25) is 0 Å². The minimum atomic E-state index is -1.65. The van der Waals surface area contributed by atoms with Crippen molar-refractivity contribution in [3.8, 4) is 0 Å². The van der Waals surface area contributed by atoms with Gasteiger partial charge in [0.1, 0.15) is 6.54 Å². The number of carbonyl (C=O) groups is 2. The third kappa shape index (κ3) is 4.63. The van der Waals surface area contributed by atoms with Crippen LogP contribution in [0.4, 0.5) is 18.9 Å². The predicted octanol–water partition coefficient (Wildman–Crippen LogP) is 4.78. The van der Waals surface area contributed by atoms with Crippen LogP contribution in [0.1, 0.15) is 47.5 Å². The highest BCUT2D eigenvalue weighted by molar-refractivity contribution is 7.10. The lowest BCUT2D eigenvalue weighted by atomic mass is 9.88. The molecule has 0 bridgehead atoms. The molecule has 0 aliphatic heterocycles. The number of hydrogen-bond donors (Lipinski definition) is 1. The van der Waals surface area contributed by atoms with Gasteiger partial charge in [0.05, 0.1) is 11.3 Å². The van der Waals surface area contributed by atoms with E-state index in [1.807, 2.05) is 12.3 Å². The first-order chi connectivity index (χ1) is 13.8. The Kier molecular flexibility index (Phi) is 6.62. The summed E-state index contributed by atoms with van der Waals surface area (Å²) in [4.78, 5) is 28.1. The minimum Gasteiger partial charge on any atom is -0.329 e. The van der Waals surface area contributed by atoms with Crippen LogP contribution in [-0.2, 0) is 17.6 Å². The number of amides is 2. The monoisotopic (exact) mass is 424 g/mol. The van der Waals surface area contributed by atoms with E-state index in [0.717, 1.165) is 37.0 Å². The molecule has 2 amide bonds. The fourth-order valence-corrected chi connectivity index (χ4v) is 4.77. The fraction of sp³-hybridized carbons (Fsp3) is 0.429. The van der Waals surface area contributed by atoms with Gasteiger partial charge in [-0.1, -0.05) is 13.8 Å². The lowest BCUT2D eigenvalue weighted by molar-refractivity contribution is -0.116. The molecule has 4 nitrogen and oxygen atoms in total. The summed E-state index contributed by atoms with van der Waals surface area (Å²) in [6.07, 6.45) is 3.46. The minimum absolute atomic E-state index is 0.236. The molecule has 0 radical (unpaired) electrons. The third-order valence-electron chi connectivity index (χ3n) is 5.06. The molecule has 8 heteroatoms. The van der Waals surface area contributed by atoms with Crippen molar-refractivity contribution < 1.29 is 22.8 Å². The van der Waals surface area contributed by atoms with Crippen LogP contribution in [-0.4, -0.2) is 29.8 Å². The van der Waals surface area contributed by atoms with Gasteiger partial charge in [0, 0.05) is 16.8 Å². The van der Waals surface area contributed by atoms with Gasteiger partial charge in [0.25, 0.3) is 5.91 Å². The highest BCUT2D eigenvalue weighted by Gasteiger charge is 2.27. The molecule has 3 rings (SSSR count). The first-order valence-electron chi connectivity index (χ1n) is 9.63. The van der Waals surface area contributed by atoms with E-state index < -0.39 is 29.0 Å². The van der Waals surface area contributed by atoms with E-state index in [1.165, 1.54) is 9.78 Å². The average molecular weight is 424 g/mol. The van der Waals surface area contributed by atoms with Crippen molar-refractivity contribution in [2.45, 2.75) is 39.5 Å². The Morgan fingerprint density at radius 1 is 1.24 bits per heavy atom. The summed E-state index contributed by atoms with van der Waals surface area (Å²) in [5, 5.41) is 4.07. The summed E-state index contributed by atoms with van der Waals surface area (Å²) < 4.78 is 40.2. The van der Waals surface area contributed by atoms with Crippen molar-refractivity contribution >= 4 is 28.8 Å². The van der Waals surface area contributed by atoms with Gasteiger partial charge in [-0.3, -0.25) is 9.59 Å². The molecule has 1 atom stereocenters. The number of hydrogen-bond acceptors (Lipinski definition) is 3. The number of halogens is 3. The van der Waals surface area contributed by atoms with Gasteiger partial charge in [-0.2, -0.15) is 0 Å². The summed E-state index contributed by atoms with van der Waals surface area (Å²) in [5.41, 5.74) is 1.23. The summed E-state index contributed by atoms with van der Waals surface area (Å²) >= 11 is 1.57. The van der Waals surface area contributed by atoms with E-state index >= 15 is 0 Å². The van der Waals surface area contributed by atoms with Crippen molar-refractivity contribution in [1.82, 2.24) is 4.90 Å². The smallest absolute Gasteiger partial charge is 0.255 e. The van der Waals surface area contributed by atoms with E-state index in [4.69, 9.17) is 0 Å². The number of thiophene rings is 1. The lowest BCUT2D eigenvalue weighted by Gasteiger charge is -2.24. The Morgan fingerprint density at radius 2 is 2.00 bits per heavy atom. The molecule has 0 saturated carbocycles. The number of fused-ring (bicyclic) bond motifs is 1. The second-order valence-electron chi connectivity index (χ2n) is 7.40. The lowest BCUT2D eigenvalue weighted by Crippen LogP contribution is -2.39. The number of nitrogens with zero attached hydrogens (tertiary/aromatic N) is 1. The summed E-state index contributed by atoms with van der Waals surface area (Å²) in [6, 6.07) is 1.69. The Hall–Kier alpha value is -2.35. The average Bonchev–Trinajstić information content (AvgIpc) is 3.10. The second kappa shape index (κ2) is 8.98. The molecule has 1 aliphatic rings. The van der Waals surface area contributed by atoms with Crippen molar-refractivity contribution in [1.29, 1.82) is 0 Å². The van der Waals surface area contributed by atoms with Crippen LogP contribution < -0.4 is 5.32 Å². The SMILES string of the molecule is CCCN(CC(=O)Nc1ccc(F)c(F)c1F)C(=O)c1csc2c1CCC(C)C2. The van der Waals surface area contributed by atoms with Crippen LogP contribution in [0.3, 0.4) is 0 Å². The van der Waals surface area contributed by atoms with Gasteiger partial charge in [-0.15, -0.1) is 11.3 Å². The number of anilines is 1. The summed E-state index contributed by atoms with van der Waals surface area (Å²) in [6.45, 7) is 4.13. The second-order valence-corrected chi connectivity index (χ2v) is 8.36. The molecule has 29 heavy (non-hydrogen) atoms. The molecule has 1 aliphatic carbocycles. The van der Waals surface area contributed by atoms with Gasteiger partial charge < -0.3 is 10.2 Å². The molecule has 1 aromatic heterocycles. The zero-order valence-corrected chi connectivity index (χ0v) is 17.2. The summed E-state index contributed by atoms with van der Waals surface area (Å²) in [7, 11) is 0. The van der Waals surface area contributed by atoms with Gasteiger partial charge in [-0.25, -0.2) is 13.2 Å². The van der Waals surface area contributed by atoms with Crippen molar-refractivity contribution in [2.75, 3.05) is 18.4 Å². The maximum atomic E-state index is 13.8. The first kappa shape index (κ1) is 21.4. The van der Waals surface area contributed by atoms with E-state index in [2.05, 4.69) is 12.2 Å². The molecule has 0 fully saturated rings. The van der Waals surface area contributed by atoms with Gasteiger partial charge in [0.2, 0.25) is 5.91 Å². The van der Waals surface area contributed by atoms with Crippen LogP contribution in [0, 0.1) is 23.4 Å². The summed E-state index contributed by atoms with van der Waals surface area (Å²) in [5.74, 6) is -4.77. The first-order valence-corrected chi connectivity index (χ1v) is 10.5. The third-order valence-corrected chi connectivity index (χ3v) is 6.11. The Balaban J connectivity index is 1.74. The van der Waals surface area contributed by atoms with Crippen molar-refractivity contribution in [3.63, 3.8) is 0 Å². The molecular weight excluding hydrogens is 401 g/mol. The quantitative estimate of drug-likeness (QED) is 0.679. The van der Waals surface area contributed by atoms with E-state index in [-0.39, 0.29) is 12.5 Å². The number of benzene rings is 1. The zero-order chi connectivity index (χ0) is 21.1. The zero-order valence-electron chi connectivity index (χ0n) is 16.4. The maximum absolute atomic E-state index is 13.8. The maximum Gasteiger partial charge on any atom is 0.255 e. The molecule has 1 unspecified atom stereocenters. The van der Waals surface area contributed by atoms with E-state index in [1.54, 1.807) is 11.3 Å². The molecule has 0 spiro atoms. The van der Waals surface area contributed by atoms with Crippen LogP contribution in [0.5, 0.6) is 0 Å². The molecular formula is C21H23F3N2O2S. The number of nitrogens with one attached hydrogen (secondary N) is 1. The van der Waals surface area contributed by atoms with Crippen molar-refractivity contribution in [2.24, 2.45) is 5.92 Å². The Labute approximate surface area is 171 Å². The number of carbonyl (C=O) groups excluding carboxylic acids is 2. The normalized spacial score (nSPS) is 15.7.